The molecule has 0 N–H and O–H groups in total. The summed E-state index contributed by atoms with van der Waals surface area (Å²) < 4.78 is 36.5. The lowest BCUT2D eigenvalue weighted by Gasteiger charge is -2.29. The molecule has 0 aromatic heterocycles. The fraction of sp³-hybridized carbons (Fsp3) is 0.917. The highest BCUT2D eigenvalue weighted by molar-refractivity contribution is 5.81. The van der Waals surface area contributed by atoms with Crippen LogP contribution in [0.25, 0.3) is 0 Å². The first-order valence-electron chi connectivity index (χ1n) is 6.13. The molecule has 0 amide bonds. The maximum absolute atomic E-state index is 12.2. The number of unbranched alkanes of at least 4 members (excludes halogenated alkanes) is 1. The van der Waals surface area contributed by atoms with Crippen LogP contribution in [0.4, 0.5) is 13.2 Å². The average Bonchev–Trinajstić information content (AvgIpc) is 2.20. The Balaban J connectivity index is 4.42. The summed E-state index contributed by atoms with van der Waals surface area (Å²) in [6.45, 7) is 6.57. The SMILES string of the molecule is CCCCN(CC)C(CCC(F)(F)F)C(C)=O. The third-order valence-electron chi connectivity index (χ3n) is 2.82. The fourth-order valence-electron chi connectivity index (χ4n) is 1.84. The molecule has 102 valence electrons. The summed E-state index contributed by atoms with van der Waals surface area (Å²) in [5, 5.41) is 0. The van der Waals surface area contributed by atoms with Gasteiger partial charge in [-0.15, -0.1) is 0 Å². The molecule has 1 unspecified atom stereocenters. The molecular formula is C12H22F3NO. The van der Waals surface area contributed by atoms with E-state index < -0.39 is 18.6 Å². The molecule has 0 spiro atoms. The summed E-state index contributed by atoms with van der Waals surface area (Å²) in [6, 6.07) is -0.590. The minimum Gasteiger partial charge on any atom is -0.298 e. The summed E-state index contributed by atoms with van der Waals surface area (Å²) in [5.74, 6) is -0.174. The number of carbonyl (C=O) groups excluding carboxylic acids is 1. The zero-order valence-electron chi connectivity index (χ0n) is 10.8. The molecule has 0 saturated carbocycles. The molecular weight excluding hydrogens is 231 g/mol. The van der Waals surface area contributed by atoms with Crippen molar-refractivity contribution >= 4 is 5.78 Å². The van der Waals surface area contributed by atoms with Gasteiger partial charge < -0.3 is 0 Å². The molecule has 2 nitrogen and oxygen atoms in total. The maximum atomic E-state index is 12.2. The van der Waals surface area contributed by atoms with E-state index in [0.717, 1.165) is 12.8 Å². The van der Waals surface area contributed by atoms with Crippen molar-refractivity contribution in [1.82, 2.24) is 4.90 Å². The van der Waals surface area contributed by atoms with Crippen molar-refractivity contribution in [1.29, 1.82) is 0 Å². The lowest BCUT2D eigenvalue weighted by molar-refractivity contribution is -0.141. The van der Waals surface area contributed by atoms with Crippen LogP contribution in [0.2, 0.25) is 0 Å². The van der Waals surface area contributed by atoms with Gasteiger partial charge in [-0.25, -0.2) is 0 Å². The summed E-state index contributed by atoms with van der Waals surface area (Å²) in [5.41, 5.74) is 0. The van der Waals surface area contributed by atoms with E-state index in [1.165, 1.54) is 6.92 Å². The highest BCUT2D eigenvalue weighted by Crippen LogP contribution is 2.24. The number of halogens is 3. The van der Waals surface area contributed by atoms with Crippen LogP contribution in [0.1, 0.15) is 46.5 Å². The van der Waals surface area contributed by atoms with Crippen LogP contribution in [-0.4, -0.2) is 36.0 Å². The second kappa shape index (κ2) is 7.69. The minimum atomic E-state index is -4.18. The Hall–Kier alpha value is -0.580. The summed E-state index contributed by atoms with van der Waals surface area (Å²) in [7, 11) is 0. The monoisotopic (exact) mass is 253 g/mol. The van der Waals surface area contributed by atoms with Gasteiger partial charge in [-0.05, 0) is 32.9 Å². The number of hydrogen-bond acceptors (Lipinski definition) is 2. The first-order chi connectivity index (χ1) is 7.81. The van der Waals surface area contributed by atoms with Gasteiger partial charge in [-0.1, -0.05) is 20.3 Å². The Labute approximate surface area is 101 Å². The lowest BCUT2D eigenvalue weighted by atomic mass is 10.0. The van der Waals surface area contributed by atoms with E-state index in [1.807, 2.05) is 18.7 Å². The van der Waals surface area contributed by atoms with Crippen LogP contribution in [0.5, 0.6) is 0 Å². The van der Waals surface area contributed by atoms with Crippen LogP contribution in [0.15, 0.2) is 0 Å². The molecule has 0 saturated heterocycles. The fourth-order valence-corrected chi connectivity index (χ4v) is 1.84. The molecule has 5 heteroatoms. The van der Waals surface area contributed by atoms with Gasteiger partial charge in [0.15, 0.2) is 0 Å². The van der Waals surface area contributed by atoms with Gasteiger partial charge in [0, 0.05) is 6.42 Å². The van der Waals surface area contributed by atoms with Crippen molar-refractivity contribution in [3.8, 4) is 0 Å². The molecule has 0 aliphatic rings. The Morgan fingerprint density at radius 1 is 1.29 bits per heavy atom. The molecule has 0 rings (SSSR count). The molecule has 0 aromatic carbocycles. The predicted molar refractivity (Wildman–Crippen MR) is 61.9 cm³/mol. The number of alkyl halides is 3. The third kappa shape index (κ3) is 7.36. The molecule has 0 aliphatic carbocycles. The zero-order chi connectivity index (χ0) is 13.5. The van der Waals surface area contributed by atoms with Crippen molar-refractivity contribution in [2.75, 3.05) is 13.1 Å². The van der Waals surface area contributed by atoms with Gasteiger partial charge in [0.25, 0.3) is 0 Å². The Kier molecular flexibility index (Phi) is 7.43. The summed E-state index contributed by atoms with van der Waals surface area (Å²) in [4.78, 5) is 13.3. The van der Waals surface area contributed by atoms with E-state index in [0.29, 0.717) is 13.1 Å². The Bertz CT molecular complexity index is 228. The molecule has 0 aromatic rings. The minimum absolute atomic E-state index is 0.129. The van der Waals surface area contributed by atoms with Crippen LogP contribution in [-0.2, 0) is 4.79 Å². The van der Waals surface area contributed by atoms with Gasteiger partial charge in [0.1, 0.15) is 5.78 Å². The first-order valence-corrected chi connectivity index (χ1v) is 6.13. The quantitative estimate of drug-likeness (QED) is 0.660. The summed E-state index contributed by atoms with van der Waals surface area (Å²) >= 11 is 0. The van der Waals surface area contributed by atoms with Crippen LogP contribution < -0.4 is 0 Å². The number of likely N-dealkylation sites (N-methyl/N-ethyl adjacent to an activating group) is 1. The number of nitrogens with zero attached hydrogens (tertiary/aromatic N) is 1. The van der Waals surface area contributed by atoms with Crippen molar-refractivity contribution in [2.45, 2.75) is 58.7 Å². The van der Waals surface area contributed by atoms with Crippen molar-refractivity contribution in [3.63, 3.8) is 0 Å². The van der Waals surface area contributed by atoms with Crippen LogP contribution in [0, 0.1) is 0 Å². The smallest absolute Gasteiger partial charge is 0.298 e. The van der Waals surface area contributed by atoms with Crippen LogP contribution in [0.3, 0.4) is 0 Å². The standard InChI is InChI=1S/C12H22F3NO/c1-4-6-9-16(5-2)11(10(3)17)7-8-12(13,14)15/h11H,4-9H2,1-3H3. The number of ketones is 1. The molecule has 0 heterocycles. The van der Waals surface area contributed by atoms with Gasteiger partial charge in [-0.3, -0.25) is 9.69 Å². The Morgan fingerprint density at radius 2 is 1.88 bits per heavy atom. The number of Topliss-reactive ketones (excluding diaryl/α,β-unsaturated/α-hetero) is 1. The highest BCUT2D eigenvalue weighted by atomic mass is 19.4. The maximum Gasteiger partial charge on any atom is 0.389 e. The molecule has 17 heavy (non-hydrogen) atoms. The molecule has 0 fully saturated rings. The van der Waals surface area contributed by atoms with Crippen molar-refractivity contribution in [2.24, 2.45) is 0 Å². The lowest BCUT2D eigenvalue weighted by Crippen LogP contribution is -2.41. The Morgan fingerprint density at radius 3 is 2.24 bits per heavy atom. The second-order valence-electron chi connectivity index (χ2n) is 4.26. The van der Waals surface area contributed by atoms with Gasteiger partial charge in [-0.2, -0.15) is 13.2 Å². The van der Waals surface area contributed by atoms with Crippen molar-refractivity contribution in [3.05, 3.63) is 0 Å². The molecule has 0 radical (unpaired) electrons. The van der Waals surface area contributed by atoms with E-state index in [9.17, 15) is 18.0 Å². The van der Waals surface area contributed by atoms with Crippen molar-refractivity contribution < 1.29 is 18.0 Å². The van der Waals surface area contributed by atoms with E-state index in [2.05, 4.69) is 0 Å². The van der Waals surface area contributed by atoms with E-state index in [4.69, 9.17) is 0 Å². The second-order valence-corrected chi connectivity index (χ2v) is 4.26. The van der Waals surface area contributed by atoms with Crippen LogP contribution >= 0.6 is 0 Å². The van der Waals surface area contributed by atoms with Gasteiger partial charge >= 0.3 is 6.18 Å². The van der Waals surface area contributed by atoms with E-state index in [-0.39, 0.29) is 12.2 Å². The molecule has 0 aliphatic heterocycles. The third-order valence-corrected chi connectivity index (χ3v) is 2.82. The number of hydrogen-bond donors (Lipinski definition) is 0. The average molecular weight is 253 g/mol. The number of carbonyl (C=O) groups is 1. The summed E-state index contributed by atoms with van der Waals surface area (Å²) in [6.07, 6.45) is -3.32. The van der Waals surface area contributed by atoms with E-state index in [1.54, 1.807) is 0 Å². The largest absolute Gasteiger partial charge is 0.389 e. The normalized spacial score (nSPS) is 14.1. The zero-order valence-corrected chi connectivity index (χ0v) is 10.8. The number of rotatable bonds is 8. The molecule has 1 atom stereocenters. The van der Waals surface area contributed by atoms with Gasteiger partial charge in [0.2, 0.25) is 0 Å². The first kappa shape index (κ1) is 16.4. The predicted octanol–water partition coefficient (Wildman–Crippen LogP) is 3.41. The molecule has 0 bridgehead atoms. The van der Waals surface area contributed by atoms with Gasteiger partial charge in [0.05, 0.1) is 6.04 Å². The topological polar surface area (TPSA) is 20.3 Å². The highest BCUT2D eigenvalue weighted by Gasteiger charge is 2.31. The van der Waals surface area contributed by atoms with E-state index >= 15 is 0 Å².